The second-order valence-electron chi connectivity index (χ2n) is 3.91. The van der Waals surface area contributed by atoms with E-state index in [9.17, 15) is 4.79 Å². The predicted molar refractivity (Wildman–Crippen MR) is 69.4 cm³/mol. The van der Waals surface area contributed by atoms with Crippen molar-refractivity contribution in [3.05, 3.63) is 27.7 Å². The maximum Gasteiger partial charge on any atom is 0.159 e. The van der Waals surface area contributed by atoms with Crippen molar-refractivity contribution in [1.29, 1.82) is 0 Å². The lowest BCUT2D eigenvalue weighted by Crippen LogP contribution is -2.23. The minimum atomic E-state index is -0.233. The van der Waals surface area contributed by atoms with E-state index in [4.69, 9.17) is 9.47 Å². The topological polar surface area (TPSA) is 35.5 Å². The van der Waals surface area contributed by atoms with Gasteiger partial charge in [-0.3, -0.25) is 4.79 Å². The van der Waals surface area contributed by atoms with E-state index in [1.807, 2.05) is 25.1 Å². The van der Waals surface area contributed by atoms with E-state index in [0.29, 0.717) is 11.3 Å². The Bertz CT molecular complexity index is 506. The number of fused-ring (bicyclic) bond motifs is 1. The van der Waals surface area contributed by atoms with Crippen LogP contribution in [0.3, 0.4) is 0 Å². The molecule has 4 heteroatoms. The van der Waals surface area contributed by atoms with Crippen LogP contribution >= 0.6 is 15.9 Å². The van der Waals surface area contributed by atoms with Gasteiger partial charge in [0.2, 0.25) is 0 Å². The van der Waals surface area contributed by atoms with Gasteiger partial charge >= 0.3 is 0 Å². The maximum absolute atomic E-state index is 11.5. The fourth-order valence-electron chi connectivity index (χ4n) is 1.89. The lowest BCUT2D eigenvalue weighted by atomic mass is 9.99. The Morgan fingerprint density at radius 2 is 2.18 bits per heavy atom. The number of methoxy groups -OCH3 is 1. The van der Waals surface area contributed by atoms with E-state index in [1.54, 1.807) is 14.0 Å². The highest BCUT2D eigenvalue weighted by molar-refractivity contribution is 9.10. The summed E-state index contributed by atoms with van der Waals surface area (Å²) in [6, 6.07) is 3.72. The fraction of sp³-hybridized carbons (Fsp3) is 0.308. The molecule has 0 N–H and O–H groups in total. The van der Waals surface area contributed by atoms with Crippen molar-refractivity contribution in [2.45, 2.75) is 20.0 Å². The standard InChI is InChI=1S/C13H13BrO3/c1-7(15)9-6-10-12(16-3)5-4-11(14)13(10)17-8(9)2/h4-6,8H,1-3H3. The highest BCUT2D eigenvalue weighted by atomic mass is 79.9. The third-order valence-corrected chi connectivity index (χ3v) is 3.39. The summed E-state index contributed by atoms with van der Waals surface area (Å²) in [7, 11) is 1.60. The highest BCUT2D eigenvalue weighted by Crippen LogP contribution is 2.41. The molecular weight excluding hydrogens is 284 g/mol. The Morgan fingerprint density at radius 3 is 2.76 bits per heavy atom. The second kappa shape index (κ2) is 4.53. The van der Waals surface area contributed by atoms with Crippen LogP contribution < -0.4 is 9.47 Å². The summed E-state index contributed by atoms with van der Waals surface area (Å²) in [5.74, 6) is 1.45. The Morgan fingerprint density at radius 1 is 1.47 bits per heavy atom. The number of ether oxygens (including phenoxy) is 2. The van der Waals surface area contributed by atoms with Gasteiger partial charge in [-0.2, -0.15) is 0 Å². The summed E-state index contributed by atoms with van der Waals surface area (Å²) in [6.07, 6.45) is 1.61. The summed E-state index contributed by atoms with van der Waals surface area (Å²) < 4.78 is 11.9. The third kappa shape index (κ3) is 2.09. The monoisotopic (exact) mass is 296 g/mol. The molecule has 1 aliphatic heterocycles. The minimum Gasteiger partial charge on any atom is -0.496 e. The molecule has 1 aromatic rings. The molecule has 90 valence electrons. The molecule has 2 rings (SSSR count). The number of hydrogen-bond acceptors (Lipinski definition) is 3. The van der Waals surface area contributed by atoms with E-state index >= 15 is 0 Å². The van der Waals surface area contributed by atoms with E-state index < -0.39 is 0 Å². The van der Waals surface area contributed by atoms with Gasteiger partial charge in [0.15, 0.2) is 5.78 Å². The smallest absolute Gasteiger partial charge is 0.159 e. The molecule has 0 saturated carbocycles. The van der Waals surface area contributed by atoms with Crippen molar-refractivity contribution in [1.82, 2.24) is 0 Å². The molecular formula is C13H13BrO3. The van der Waals surface area contributed by atoms with E-state index in [-0.39, 0.29) is 11.9 Å². The van der Waals surface area contributed by atoms with Gasteiger partial charge in [-0.25, -0.2) is 0 Å². The van der Waals surface area contributed by atoms with E-state index in [1.165, 1.54) is 0 Å². The van der Waals surface area contributed by atoms with Crippen molar-refractivity contribution in [3.63, 3.8) is 0 Å². The Balaban J connectivity index is 2.63. The van der Waals surface area contributed by atoms with Crippen molar-refractivity contribution >= 4 is 27.8 Å². The molecule has 0 bridgehead atoms. The Kier molecular flexibility index (Phi) is 3.24. The first-order chi connectivity index (χ1) is 8.04. The normalized spacial score (nSPS) is 17.9. The van der Waals surface area contributed by atoms with Crippen LogP contribution in [0.1, 0.15) is 19.4 Å². The van der Waals surface area contributed by atoms with Crippen LogP contribution in [-0.4, -0.2) is 19.0 Å². The first-order valence-corrected chi connectivity index (χ1v) is 6.09. The quantitative estimate of drug-likeness (QED) is 0.841. The summed E-state index contributed by atoms with van der Waals surface area (Å²) >= 11 is 3.44. The number of carbonyl (C=O) groups excluding carboxylic acids is 1. The Hall–Kier alpha value is -1.29. The zero-order valence-corrected chi connectivity index (χ0v) is 11.5. The summed E-state index contributed by atoms with van der Waals surface area (Å²) in [6.45, 7) is 3.41. The van der Waals surface area contributed by atoms with Gasteiger partial charge < -0.3 is 9.47 Å². The zero-order chi connectivity index (χ0) is 12.6. The van der Waals surface area contributed by atoms with Crippen LogP contribution in [0.5, 0.6) is 11.5 Å². The van der Waals surface area contributed by atoms with Crippen LogP contribution in [-0.2, 0) is 4.79 Å². The van der Waals surface area contributed by atoms with Crippen LogP contribution in [0.25, 0.3) is 6.08 Å². The molecule has 0 radical (unpaired) electrons. The molecule has 0 fully saturated rings. The minimum absolute atomic E-state index is 0.0187. The van der Waals surface area contributed by atoms with Crippen LogP contribution in [0, 0.1) is 0 Å². The molecule has 0 saturated heterocycles. The maximum atomic E-state index is 11.5. The number of Topliss-reactive ketones (excluding diaryl/α,β-unsaturated/α-hetero) is 1. The van der Waals surface area contributed by atoms with Gasteiger partial charge in [-0.05, 0) is 48.0 Å². The molecule has 3 nitrogen and oxygen atoms in total. The van der Waals surface area contributed by atoms with Gasteiger partial charge in [0.05, 0.1) is 17.1 Å². The molecule has 1 heterocycles. The van der Waals surface area contributed by atoms with E-state index in [2.05, 4.69) is 15.9 Å². The number of ketones is 1. The summed E-state index contributed by atoms with van der Waals surface area (Å²) in [4.78, 5) is 11.5. The van der Waals surface area contributed by atoms with Gasteiger partial charge in [-0.1, -0.05) is 0 Å². The molecule has 0 spiro atoms. The number of rotatable bonds is 2. The van der Waals surface area contributed by atoms with Crippen molar-refractivity contribution in [2.24, 2.45) is 0 Å². The lowest BCUT2D eigenvalue weighted by molar-refractivity contribution is -0.114. The lowest BCUT2D eigenvalue weighted by Gasteiger charge is -2.25. The largest absolute Gasteiger partial charge is 0.496 e. The highest BCUT2D eigenvalue weighted by Gasteiger charge is 2.25. The average Bonchev–Trinajstić information content (AvgIpc) is 2.29. The van der Waals surface area contributed by atoms with E-state index in [0.717, 1.165) is 15.8 Å². The number of carbonyl (C=O) groups is 1. The summed E-state index contributed by atoms with van der Waals surface area (Å²) in [5, 5.41) is 0. The SMILES string of the molecule is COc1ccc(Br)c2c1C=C(C(C)=O)C(C)O2. The Labute approximate surface area is 109 Å². The van der Waals surface area contributed by atoms with Crippen molar-refractivity contribution in [2.75, 3.05) is 7.11 Å². The number of halogens is 1. The molecule has 1 atom stereocenters. The van der Waals surface area contributed by atoms with Gasteiger partial charge in [0.1, 0.15) is 17.6 Å². The first kappa shape index (κ1) is 12.2. The average molecular weight is 297 g/mol. The fourth-order valence-corrected chi connectivity index (χ4v) is 2.33. The molecule has 1 unspecified atom stereocenters. The van der Waals surface area contributed by atoms with Crippen molar-refractivity contribution in [3.8, 4) is 11.5 Å². The molecule has 1 aliphatic rings. The molecule has 1 aromatic carbocycles. The van der Waals surface area contributed by atoms with Gasteiger partial charge in [0, 0.05) is 5.57 Å². The molecule has 0 amide bonds. The van der Waals surface area contributed by atoms with Crippen molar-refractivity contribution < 1.29 is 14.3 Å². The zero-order valence-electron chi connectivity index (χ0n) is 9.91. The molecule has 17 heavy (non-hydrogen) atoms. The molecule has 0 aliphatic carbocycles. The van der Waals surface area contributed by atoms with Gasteiger partial charge in [0.25, 0.3) is 0 Å². The van der Waals surface area contributed by atoms with Crippen LogP contribution in [0.15, 0.2) is 22.2 Å². The van der Waals surface area contributed by atoms with Crippen LogP contribution in [0.4, 0.5) is 0 Å². The molecule has 0 aromatic heterocycles. The third-order valence-electron chi connectivity index (χ3n) is 2.77. The second-order valence-corrected chi connectivity index (χ2v) is 4.76. The van der Waals surface area contributed by atoms with Crippen LogP contribution in [0.2, 0.25) is 0 Å². The van der Waals surface area contributed by atoms with Gasteiger partial charge in [-0.15, -0.1) is 0 Å². The predicted octanol–water partition coefficient (Wildman–Crippen LogP) is 3.21. The number of hydrogen-bond donors (Lipinski definition) is 0. The first-order valence-electron chi connectivity index (χ1n) is 5.30. The summed E-state index contributed by atoms with van der Waals surface area (Å²) in [5.41, 5.74) is 1.47. The number of benzene rings is 1.